The number of oxazole rings is 1. The first-order valence-electron chi connectivity index (χ1n) is 4.89. The molecule has 0 bridgehead atoms. The Morgan fingerprint density at radius 1 is 1.41 bits per heavy atom. The zero-order valence-corrected chi connectivity index (χ0v) is 9.90. The molecule has 1 aromatic carbocycles. The second-order valence-electron chi connectivity index (χ2n) is 3.60. The van der Waals surface area contributed by atoms with Crippen LogP contribution in [0, 0.1) is 0 Å². The number of hydrogen-bond donors (Lipinski definition) is 1. The molecule has 1 N–H and O–H groups in total. The minimum Gasteiger partial charge on any atom is -0.408 e. The molecular weight excluding hydrogens is 246 g/mol. The van der Waals surface area contributed by atoms with Crippen molar-refractivity contribution >= 4 is 20.9 Å². The van der Waals surface area contributed by atoms with Crippen LogP contribution in [0.25, 0.3) is 11.1 Å². The monoisotopic (exact) mass is 257 g/mol. The van der Waals surface area contributed by atoms with E-state index in [1.807, 2.05) is 0 Å². The Morgan fingerprint density at radius 2 is 2.12 bits per heavy atom. The summed E-state index contributed by atoms with van der Waals surface area (Å²) in [7, 11) is -2.02. The van der Waals surface area contributed by atoms with Gasteiger partial charge >= 0.3 is 5.76 Å². The van der Waals surface area contributed by atoms with Gasteiger partial charge in [-0.1, -0.05) is 0 Å². The molecule has 0 saturated heterocycles. The Morgan fingerprint density at radius 3 is 2.76 bits per heavy atom. The van der Waals surface area contributed by atoms with Crippen molar-refractivity contribution in [3.8, 4) is 0 Å². The molecule has 0 unspecified atom stereocenters. The number of nitrogens with zero attached hydrogens (tertiary/aromatic N) is 1. The molecule has 6 nitrogen and oxygen atoms in total. The van der Waals surface area contributed by atoms with Crippen molar-refractivity contribution in [1.29, 1.82) is 0 Å². The lowest BCUT2D eigenvalue weighted by Gasteiger charge is -2.02. The predicted octanol–water partition coefficient (Wildman–Crippen LogP) is -0.103. The summed E-state index contributed by atoms with van der Waals surface area (Å²) in [4.78, 5) is 11.3. The number of aromatic nitrogens is 1. The van der Waals surface area contributed by atoms with Crippen LogP contribution in [0.4, 0.5) is 0 Å². The summed E-state index contributed by atoms with van der Waals surface area (Å²) in [6, 6.07) is 4.16. The summed E-state index contributed by atoms with van der Waals surface area (Å²) in [5, 5.41) is 8.68. The van der Waals surface area contributed by atoms with E-state index < -0.39 is 22.2 Å². The smallest absolute Gasteiger partial charge is 0.408 e. The van der Waals surface area contributed by atoms with Crippen molar-refractivity contribution in [3.63, 3.8) is 0 Å². The quantitative estimate of drug-likeness (QED) is 0.829. The first-order chi connectivity index (χ1) is 7.95. The van der Waals surface area contributed by atoms with Crippen LogP contribution in [0.2, 0.25) is 0 Å². The second-order valence-corrected chi connectivity index (χ2v) is 5.71. The van der Waals surface area contributed by atoms with Crippen LogP contribution in [0.15, 0.2) is 32.3 Å². The number of fused-ring (bicyclic) bond motifs is 1. The number of rotatable bonds is 3. The van der Waals surface area contributed by atoms with Crippen molar-refractivity contribution in [3.05, 3.63) is 28.7 Å². The molecule has 0 aliphatic rings. The lowest BCUT2D eigenvalue weighted by Crippen LogP contribution is -2.11. The molecular formula is C10H11NO5S. The number of benzene rings is 1. The van der Waals surface area contributed by atoms with E-state index in [4.69, 9.17) is 9.52 Å². The van der Waals surface area contributed by atoms with Crippen LogP contribution >= 0.6 is 0 Å². The fourth-order valence-electron chi connectivity index (χ4n) is 1.54. The SMILES string of the molecule is Cn1c(=O)oc2ccc(S(=O)(=O)CCO)cc21. The van der Waals surface area contributed by atoms with Crippen LogP contribution in [-0.2, 0) is 16.9 Å². The lowest BCUT2D eigenvalue weighted by molar-refractivity contribution is 0.319. The van der Waals surface area contributed by atoms with Gasteiger partial charge in [0.25, 0.3) is 0 Å². The van der Waals surface area contributed by atoms with E-state index in [0.717, 1.165) is 0 Å². The van der Waals surface area contributed by atoms with E-state index in [0.29, 0.717) is 11.1 Å². The average Bonchev–Trinajstić information content (AvgIpc) is 2.54. The average molecular weight is 257 g/mol. The topological polar surface area (TPSA) is 89.5 Å². The lowest BCUT2D eigenvalue weighted by atomic mass is 10.3. The van der Waals surface area contributed by atoms with Gasteiger partial charge in [0.05, 0.1) is 22.8 Å². The standard InChI is InChI=1S/C10H11NO5S/c1-11-8-6-7(17(14,15)5-4-12)2-3-9(8)16-10(11)13/h2-3,6,12H,4-5H2,1H3. The third kappa shape index (κ3) is 1.98. The summed E-state index contributed by atoms with van der Waals surface area (Å²) in [6.07, 6.45) is 0. The summed E-state index contributed by atoms with van der Waals surface area (Å²) >= 11 is 0. The largest absolute Gasteiger partial charge is 0.419 e. The van der Waals surface area contributed by atoms with E-state index in [1.165, 1.54) is 29.8 Å². The molecule has 0 aliphatic heterocycles. The van der Waals surface area contributed by atoms with Gasteiger partial charge in [-0.2, -0.15) is 0 Å². The van der Waals surface area contributed by atoms with Crippen molar-refractivity contribution in [2.45, 2.75) is 4.90 Å². The molecule has 0 aliphatic carbocycles. The van der Waals surface area contributed by atoms with E-state index in [2.05, 4.69) is 0 Å². The van der Waals surface area contributed by atoms with Gasteiger partial charge in [-0.05, 0) is 18.2 Å². The Bertz CT molecular complexity index is 710. The first-order valence-corrected chi connectivity index (χ1v) is 6.54. The summed E-state index contributed by atoms with van der Waals surface area (Å²) in [5.41, 5.74) is 0.745. The molecule has 17 heavy (non-hydrogen) atoms. The highest BCUT2D eigenvalue weighted by Crippen LogP contribution is 2.18. The minimum absolute atomic E-state index is 0.0652. The Balaban J connectivity index is 2.66. The maximum atomic E-state index is 11.7. The minimum atomic E-state index is -3.52. The molecule has 0 saturated carbocycles. The molecule has 0 atom stereocenters. The van der Waals surface area contributed by atoms with Crippen LogP contribution in [-0.4, -0.2) is 30.5 Å². The molecule has 2 rings (SSSR count). The zero-order valence-electron chi connectivity index (χ0n) is 9.08. The van der Waals surface area contributed by atoms with E-state index >= 15 is 0 Å². The highest BCUT2D eigenvalue weighted by molar-refractivity contribution is 7.91. The fraction of sp³-hybridized carbons (Fsp3) is 0.300. The van der Waals surface area contributed by atoms with Crippen molar-refractivity contribution < 1.29 is 17.9 Å². The van der Waals surface area contributed by atoms with Gasteiger partial charge in [0.2, 0.25) is 0 Å². The van der Waals surface area contributed by atoms with Crippen LogP contribution < -0.4 is 5.76 Å². The second kappa shape index (κ2) is 4.01. The normalized spacial score (nSPS) is 12.1. The molecule has 0 fully saturated rings. The molecule has 1 heterocycles. The van der Waals surface area contributed by atoms with Gasteiger partial charge < -0.3 is 9.52 Å². The van der Waals surface area contributed by atoms with Gasteiger partial charge in [0.1, 0.15) is 0 Å². The molecule has 7 heteroatoms. The number of aliphatic hydroxyl groups excluding tert-OH is 1. The molecule has 0 radical (unpaired) electrons. The van der Waals surface area contributed by atoms with Gasteiger partial charge in [-0.25, -0.2) is 13.2 Å². The van der Waals surface area contributed by atoms with Crippen LogP contribution in [0.1, 0.15) is 0 Å². The summed E-state index contributed by atoms with van der Waals surface area (Å²) < 4.78 is 29.6. The molecule has 2 aromatic rings. The summed E-state index contributed by atoms with van der Waals surface area (Å²) in [5.74, 6) is -0.888. The molecule has 0 spiro atoms. The molecule has 92 valence electrons. The van der Waals surface area contributed by atoms with Gasteiger partial charge in [0, 0.05) is 7.05 Å². The zero-order chi connectivity index (χ0) is 12.6. The van der Waals surface area contributed by atoms with Crippen molar-refractivity contribution in [2.75, 3.05) is 12.4 Å². The van der Waals surface area contributed by atoms with E-state index in [1.54, 1.807) is 0 Å². The van der Waals surface area contributed by atoms with Crippen molar-refractivity contribution in [2.24, 2.45) is 7.05 Å². The number of sulfone groups is 1. The highest BCUT2D eigenvalue weighted by Gasteiger charge is 2.16. The van der Waals surface area contributed by atoms with E-state index in [-0.39, 0.29) is 10.6 Å². The predicted molar refractivity (Wildman–Crippen MR) is 60.6 cm³/mol. The number of aryl methyl sites for hydroxylation is 1. The van der Waals surface area contributed by atoms with Gasteiger partial charge in [0.15, 0.2) is 15.4 Å². The first kappa shape index (κ1) is 11.9. The third-order valence-corrected chi connectivity index (χ3v) is 4.17. The van der Waals surface area contributed by atoms with Gasteiger partial charge in [-0.15, -0.1) is 0 Å². The third-order valence-electron chi connectivity index (χ3n) is 2.48. The van der Waals surface area contributed by atoms with E-state index in [9.17, 15) is 13.2 Å². The Labute approximate surface area is 97.0 Å². The Hall–Kier alpha value is -1.60. The summed E-state index contributed by atoms with van der Waals surface area (Å²) in [6.45, 7) is -0.440. The van der Waals surface area contributed by atoms with Gasteiger partial charge in [-0.3, -0.25) is 4.57 Å². The number of aliphatic hydroxyl groups is 1. The maximum absolute atomic E-state index is 11.7. The van der Waals surface area contributed by atoms with Crippen LogP contribution in [0.5, 0.6) is 0 Å². The fourth-order valence-corrected chi connectivity index (χ4v) is 2.58. The molecule has 1 aromatic heterocycles. The Kier molecular flexibility index (Phi) is 2.80. The highest BCUT2D eigenvalue weighted by atomic mass is 32.2. The van der Waals surface area contributed by atoms with Crippen LogP contribution in [0.3, 0.4) is 0 Å². The maximum Gasteiger partial charge on any atom is 0.419 e. The van der Waals surface area contributed by atoms with Crippen molar-refractivity contribution in [1.82, 2.24) is 4.57 Å². The molecule has 0 amide bonds. The number of hydrogen-bond acceptors (Lipinski definition) is 5.